The second kappa shape index (κ2) is 6.89. The van der Waals surface area contributed by atoms with Crippen LogP contribution in [0.1, 0.15) is 52.9 Å². The largest absolute Gasteiger partial charge is 0.480 e. The average Bonchev–Trinajstić information content (AvgIpc) is 2.24. The molecule has 1 saturated carbocycles. The van der Waals surface area contributed by atoms with Crippen LogP contribution in [0.25, 0.3) is 0 Å². The van der Waals surface area contributed by atoms with Gasteiger partial charge in [-0.3, -0.25) is 14.9 Å². The first-order chi connectivity index (χ1) is 8.85. The van der Waals surface area contributed by atoms with Gasteiger partial charge >= 0.3 is 5.97 Å². The highest BCUT2D eigenvalue weighted by atomic mass is 16.4. The van der Waals surface area contributed by atoms with Crippen molar-refractivity contribution in [2.24, 2.45) is 5.92 Å². The predicted octanol–water partition coefficient (Wildman–Crippen LogP) is 1.52. The van der Waals surface area contributed by atoms with Crippen molar-refractivity contribution >= 4 is 11.9 Å². The SMILES string of the molecule is CC(C)CCC(C)NC(=O)CNC1(C(=O)O)CCC1. The molecule has 0 aromatic carbocycles. The van der Waals surface area contributed by atoms with Gasteiger partial charge in [0.25, 0.3) is 0 Å². The number of amides is 1. The van der Waals surface area contributed by atoms with E-state index in [9.17, 15) is 9.59 Å². The molecule has 1 unspecified atom stereocenters. The lowest BCUT2D eigenvalue weighted by Gasteiger charge is -2.38. The summed E-state index contributed by atoms with van der Waals surface area (Å²) in [4.78, 5) is 22.9. The summed E-state index contributed by atoms with van der Waals surface area (Å²) in [5.74, 6) is -0.342. The maximum Gasteiger partial charge on any atom is 0.323 e. The smallest absolute Gasteiger partial charge is 0.323 e. The first kappa shape index (κ1) is 16.0. The van der Waals surface area contributed by atoms with Crippen LogP contribution in [0.5, 0.6) is 0 Å². The number of hydrogen-bond donors (Lipinski definition) is 3. The third-order valence-electron chi connectivity index (χ3n) is 3.79. The van der Waals surface area contributed by atoms with E-state index in [4.69, 9.17) is 5.11 Å². The molecule has 5 heteroatoms. The van der Waals surface area contributed by atoms with E-state index in [1.165, 1.54) is 0 Å². The summed E-state index contributed by atoms with van der Waals surface area (Å²) in [6, 6.07) is 0.138. The van der Waals surface area contributed by atoms with Crippen LogP contribution in [0.4, 0.5) is 0 Å². The van der Waals surface area contributed by atoms with E-state index in [2.05, 4.69) is 24.5 Å². The first-order valence-electron chi connectivity index (χ1n) is 7.13. The molecular weight excluding hydrogens is 244 g/mol. The Kier molecular flexibility index (Phi) is 5.79. The van der Waals surface area contributed by atoms with Crippen LogP contribution < -0.4 is 10.6 Å². The van der Waals surface area contributed by atoms with E-state index in [1.54, 1.807) is 0 Å². The fraction of sp³-hybridized carbons (Fsp3) is 0.857. The van der Waals surface area contributed by atoms with E-state index < -0.39 is 11.5 Å². The Labute approximate surface area is 115 Å². The molecule has 19 heavy (non-hydrogen) atoms. The lowest BCUT2D eigenvalue weighted by Crippen LogP contribution is -2.59. The third kappa shape index (κ3) is 4.82. The minimum Gasteiger partial charge on any atom is -0.480 e. The standard InChI is InChI=1S/C14H26N2O3/c1-10(2)5-6-11(3)16-12(17)9-15-14(13(18)19)7-4-8-14/h10-11,15H,4-9H2,1-3H3,(H,16,17)(H,18,19). The second-order valence-electron chi connectivity index (χ2n) is 6.03. The molecule has 1 atom stereocenters. The number of carbonyl (C=O) groups excluding carboxylic acids is 1. The fourth-order valence-corrected chi connectivity index (χ4v) is 2.23. The lowest BCUT2D eigenvalue weighted by atomic mass is 9.77. The van der Waals surface area contributed by atoms with E-state index >= 15 is 0 Å². The summed E-state index contributed by atoms with van der Waals surface area (Å²) in [7, 11) is 0. The summed E-state index contributed by atoms with van der Waals surface area (Å²) in [6.45, 7) is 6.38. The number of rotatable bonds is 8. The van der Waals surface area contributed by atoms with Crippen LogP contribution in [0.15, 0.2) is 0 Å². The molecule has 0 saturated heterocycles. The van der Waals surface area contributed by atoms with Crippen molar-refractivity contribution in [2.45, 2.75) is 64.5 Å². The topological polar surface area (TPSA) is 78.4 Å². The molecule has 0 aromatic heterocycles. The summed E-state index contributed by atoms with van der Waals surface area (Å²) < 4.78 is 0. The van der Waals surface area contributed by atoms with Crippen LogP contribution in [0, 0.1) is 5.92 Å². The summed E-state index contributed by atoms with van der Waals surface area (Å²) in [6.07, 6.45) is 4.16. The molecule has 1 aliphatic carbocycles. The first-order valence-corrected chi connectivity index (χ1v) is 7.13. The van der Waals surface area contributed by atoms with Gasteiger partial charge in [-0.05, 0) is 44.9 Å². The van der Waals surface area contributed by atoms with Crippen molar-refractivity contribution in [3.63, 3.8) is 0 Å². The van der Waals surface area contributed by atoms with Gasteiger partial charge in [0.05, 0.1) is 6.54 Å². The zero-order valence-corrected chi connectivity index (χ0v) is 12.2. The molecule has 0 aliphatic heterocycles. The highest BCUT2D eigenvalue weighted by Crippen LogP contribution is 2.31. The van der Waals surface area contributed by atoms with Crippen molar-refractivity contribution in [2.75, 3.05) is 6.54 Å². The maximum absolute atomic E-state index is 11.7. The average molecular weight is 270 g/mol. The van der Waals surface area contributed by atoms with Crippen molar-refractivity contribution in [1.82, 2.24) is 10.6 Å². The predicted molar refractivity (Wildman–Crippen MR) is 73.9 cm³/mol. The van der Waals surface area contributed by atoms with Gasteiger partial charge in [0.2, 0.25) is 5.91 Å². The van der Waals surface area contributed by atoms with Gasteiger partial charge in [-0.15, -0.1) is 0 Å². The Bertz CT molecular complexity index is 325. The highest BCUT2D eigenvalue weighted by molar-refractivity contribution is 5.83. The molecule has 1 amide bonds. The molecule has 1 fully saturated rings. The van der Waals surface area contributed by atoms with Crippen LogP contribution in [-0.2, 0) is 9.59 Å². The second-order valence-corrected chi connectivity index (χ2v) is 6.03. The Hall–Kier alpha value is -1.10. The molecule has 0 spiro atoms. The Balaban J connectivity index is 2.26. The van der Waals surface area contributed by atoms with Gasteiger partial charge in [0, 0.05) is 6.04 Å². The quantitative estimate of drug-likeness (QED) is 0.625. The Morgan fingerprint density at radius 1 is 1.21 bits per heavy atom. The van der Waals surface area contributed by atoms with Gasteiger partial charge in [-0.2, -0.15) is 0 Å². The molecule has 110 valence electrons. The monoisotopic (exact) mass is 270 g/mol. The molecule has 0 aromatic rings. The number of aliphatic carboxylic acids is 1. The van der Waals surface area contributed by atoms with Crippen LogP contribution in [0.2, 0.25) is 0 Å². The van der Waals surface area contributed by atoms with E-state index in [0.29, 0.717) is 18.8 Å². The van der Waals surface area contributed by atoms with Gasteiger partial charge < -0.3 is 10.4 Å². The third-order valence-corrected chi connectivity index (χ3v) is 3.79. The zero-order chi connectivity index (χ0) is 14.5. The van der Waals surface area contributed by atoms with Crippen LogP contribution in [0.3, 0.4) is 0 Å². The van der Waals surface area contributed by atoms with Crippen molar-refractivity contribution in [1.29, 1.82) is 0 Å². The van der Waals surface area contributed by atoms with Gasteiger partial charge in [0.1, 0.15) is 5.54 Å². The Morgan fingerprint density at radius 3 is 2.26 bits per heavy atom. The zero-order valence-electron chi connectivity index (χ0n) is 12.2. The van der Waals surface area contributed by atoms with Gasteiger partial charge in [-0.25, -0.2) is 0 Å². The molecule has 3 N–H and O–H groups in total. The highest BCUT2D eigenvalue weighted by Gasteiger charge is 2.44. The van der Waals surface area contributed by atoms with Crippen LogP contribution in [-0.4, -0.2) is 35.1 Å². The molecule has 1 rings (SSSR count). The number of carbonyl (C=O) groups is 2. The van der Waals surface area contributed by atoms with E-state index in [0.717, 1.165) is 19.3 Å². The van der Waals surface area contributed by atoms with E-state index in [1.807, 2.05) is 6.92 Å². The van der Waals surface area contributed by atoms with Crippen molar-refractivity contribution in [3.05, 3.63) is 0 Å². The molecule has 0 heterocycles. The molecule has 5 nitrogen and oxygen atoms in total. The number of hydrogen-bond acceptors (Lipinski definition) is 3. The normalized spacial score (nSPS) is 18.7. The number of carboxylic acids is 1. The summed E-state index contributed by atoms with van der Waals surface area (Å²) in [5.41, 5.74) is -0.863. The van der Waals surface area contributed by atoms with E-state index in [-0.39, 0.29) is 18.5 Å². The fourth-order valence-electron chi connectivity index (χ4n) is 2.23. The van der Waals surface area contributed by atoms with Gasteiger partial charge in [-0.1, -0.05) is 13.8 Å². The summed E-state index contributed by atoms with van der Waals surface area (Å²) in [5, 5.41) is 14.9. The molecule has 1 aliphatic rings. The lowest BCUT2D eigenvalue weighted by molar-refractivity contribution is -0.149. The molecule has 0 radical (unpaired) electrons. The van der Waals surface area contributed by atoms with Crippen LogP contribution >= 0.6 is 0 Å². The number of nitrogens with one attached hydrogen (secondary N) is 2. The maximum atomic E-state index is 11.7. The minimum atomic E-state index is -0.863. The van der Waals surface area contributed by atoms with Crippen molar-refractivity contribution in [3.8, 4) is 0 Å². The molecule has 0 bridgehead atoms. The number of carboxylic acid groups (broad SMARTS) is 1. The van der Waals surface area contributed by atoms with Gasteiger partial charge in [0.15, 0.2) is 0 Å². The summed E-state index contributed by atoms with van der Waals surface area (Å²) >= 11 is 0. The minimum absolute atomic E-state index is 0.0817. The molecular formula is C14H26N2O3. The van der Waals surface area contributed by atoms with Crippen molar-refractivity contribution < 1.29 is 14.7 Å². The Morgan fingerprint density at radius 2 is 1.84 bits per heavy atom.